The van der Waals surface area contributed by atoms with Crippen LogP contribution in [0.25, 0.3) is 0 Å². The molecule has 2 aromatic carbocycles. The first kappa shape index (κ1) is 24.0. The van der Waals surface area contributed by atoms with Crippen molar-refractivity contribution in [2.45, 2.75) is 81.5 Å². The number of rotatable bonds is 8. The van der Waals surface area contributed by atoms with E-state index in [-0.39, 0.29) is 5.91 Å². The van der Waals surface area contributed by atoms with E-state index < -0.39 is 0 Å². The molecule has 0 unspecified atom stereocenters. The molecule has 2 aliphatic rings. The van der Waals surface area contributed by atoms with Gasteiger partial charge in [-0.2, -0.15) is 0 Å². The summed E-state index contributed by atoms with van der Waals surface area (Å²) in [4.78, 5) is 22.9. The van der Waals surface area contributed by atoms with Crippen LogP contribution in [0.5, 0.6) is 0 Å². The van der Waals surface area contributed by atoms with Crippen LogP contribution in [-0.4, -0.2) is 42.2 Å². The summed E-state index contributed by atoms with van der Waals surface area (Å²) in [5.41, 5.74) is 5.20. The number of carbonyl (C=O) groups excluding carboxylic acids is 1. The quantitative estimate of drug-likeness (QED) is 0.440. The van der Waals surface area contributed by atoms with Crippen LogP contribution < -0.4 is 5.32 Å². The predicted octanol–water partition coefficient (Wildman–Crippen LogP) is 6.76. The van der Waals surface area contributed by atoms with E-state index in [1.54, 1.807) is 11.8 Å². The number of aryl methyl sites for hydroxylation is 1. The molecule has 1 fully saturated rings. The fourth-order valence-corrected chi connectivity index (χ4v) is 5.95. The second-order valence-corrected chi connectivity index (χ2v) is 10.4. The fraction of sp³-hybridized carbons (Fsp3) is 0.500. The number of nitrogens with zero attached hydrogens (tertiary/aromatic N) is 2. The number of aliphatic imine (C=N–C) groups is 1. The third-order valence-electron chi connectivity index (χ3n) is 6.76. The molecule has 5 heteroatoms. The lowest BCUT2D eigenvalue weighted by atomic mass is 10.00. The number of piperidine rings is 1. The zero-order chi connectivity index (χ0) is 23.2. The van der Waals surface area contributed by atoms with Gasteiger partial charge in [-0.25, -0.2) is 0 Å². The van der Waals surface area contributed by atoms with Crippen LogP contribution in [0.15, 0.2) is 51.2 Å². The monoisotopic (exact) mass is 463 g/mol. The Morgan fingerprint density at radius 3 is 2.82 bits per heavy atom. The van der Waals surface area contributed by atoms with Gasteiger partial charge in [0.1, 0.15) is 0 Å². The molecular formula is C28H37N3OS. The van der Waals surface area contributed by atoms with Gasteiger partial charge < -0.3 is 10.2 Å². The average molecular weight is 464 g/mol. The number of hydrogen-bond donors (Lipinski definition) is 1. The van der Waals surface area contributed by atoms with Gasteiger partial charge in [0, 0.05) is 45.8 Å². The normalized spacial score (nSPS) is 18.2. The van der Waals surface area contributed by atoms with Crippen molar-refractivity contribution in [1.29, 1.82) is 0 Å². The van der Waals surface area contributed by atoms with Crippen molar-refractivity contribution in [3.05, 3.63) is 53.1 Å². The average Bonchev–Trinajstić information content (AvgIpc) is 2.98. The topological polar surface area (TPSA) is 44.7 Å². The Balaban J connectivity index is 1.42. The Bertz CT molecular complexity index is 1020. The maximum Gasteiger partial charge on any atom is 0.251 e. The first-order chi connectivity index (χ1) is 16.1. The second-order valence-electron chi connectivity index (χ2n) is 9.30. The minimum Gasteiger partial charge on any atom is -0.352 e. The summed E-state index contributed by atoms with van der Waals surface area (Å²) in [7, 11) is 0. The van der Waals surface area contributed by atoms with E-state index in [1.165, 1.54) is 48.3 Å². The van der Waals surface area contributed by atoms with Crippen LogP contribution in [0, 0.1) is 6.92 Å². The number of carbonyl (C=O) groups is 1. The summed E-state index contributed by atoms with van der Waals surface area (Å²) in [6.45, 7) is 9.59. The molecule has 2 aromatic rings. The Labute approximate surface area is 203 Å². The standard InChI is InChI=1S/C28H37N3OS/c1-4-9-24-23-18-20(3)11-13-26(23)33-27-14-12-21(19-25(27)30-24)28(32)29-15-8-17-31-16-7-6-10-22(31)5-2/h11-14,18-19,22H,4-10,15-17H2,1-3H3,(H,29,32)/t22-/m1/s1. The number of likely N-dealkylation sites (tertiary alicyclic amines) is 1. The highest BCUT2D eigenvalue weighted by Crippen LogP contribution is 2.41. The fourth-order valence-electron chi connectivity index (χ4n) is 4.94. The first-order valence-corrected chi connectivity index (χ1v) is 13.4. The summed E-state index contributed by atoms with van der Waals surface area (Å²) in [6.07, 6.45) is 8.18. The molecule has 1 amide bonds. The van der Waals surface area contributed by atoms with Crippen LogP contribution in [-0.2, 0) is 0 Å². The minimum atomic E-state index is -0.00154. The summed E-state index contributed by atoms with van der Waals surface area (Å²) >= 11 is 1.75. The first-order valence-electron chi connectivity index (χ1n) is 12.6. The molecule has 0 aromatic heterocycles. The van der Waals surface area contributed by atoms with Gasteiger partial charge in [-0.05, 0) is 75.9 Å². The zero-order valence-corrected chi connectivity index (χ0v) is 21.1. The number of benzene rings is 2. The summed E-state index contributed by atoms with van der Waals surface area (Å²) in [5, 5.41) is 3.13. The van der Waals surface area contributed by atoms with Crippen molar-refractivity contribution in [2.75, 3.05) is 19.6 Å². The van der Waals surface area contributed by atoms with Crippen LogP contribution >= 0.6 is 11.8 Å². The second kappa shape index (κ2) is 11.3. The lowest BCUT2D eigenvalue weighted by Crippen LogP contribution is -2.40. The van der Waals surface area contributed by atoms with Gasteiger partial charge in [-0.3, -0.25) is 9.79 Å². The third kappa shape index (κ3) is 5.88. The Kier molecular flexibility index (Phi) is 8.26. The van der Waals surface area contributed by atoms with Crippen molar-refractivity contribution >= 4 is 29.1 Å². The maximum absolute atomic E-state index is 12.9. The molecule has 0 aliphatic carbocycles. The summed E-state index contributed by atoms with van der Waals surface area (Å²) in [5.74, 6) is -0.00154. The van der Waals surface area contributed by atoms with E-state index in [2.05, 4.69) is 55.3 Å². The highest BCUT2D eigenvalue weighted by molar-refractivity contribution is 7.99. The van der Waals surface area contributed by atoms with Gasteiger partial charge in [0.05, 0.1) is 5.69 Å². The van der Waals surface area contributed by atoms with Crippen molar-refractivity contribution in [3.8, 4) is 0 Å². The molecule has 0 saturated carbocycles. The van der Waals surface area contributed by atoms with Crippen molar-refractivity contribution < 1.29 is 4.79 Å². The highest BCUT2D eigenvalue weighted by atomic mass is 32.2. The number of amides is 1. The summed E-state index contributed by atoms with van der Waals surface area (Å²) in [6, 6.07) is 13.3. The number of nitrogens with one attached hydrogen (secondary N) is 1. The van der Waals surface area contributed by atoms with Crippen LogP contribution in [0.1, 0.15) is 80.3 Å². The van der Waals surface area contributed by atoms with Crippen LogP contribution in [0.4, 0.5) is 5.69 Å². The molecule has 0 bridgehead atoms. The molecule has 2 heterocycles. The molecule has 2 aliphatic heterocycles. The van der Waals surface area contributed by atoms with Crippen LogP contribution in [0.3, 0.4) is 0 Å². The Hall–Kier alpha value is -2.11. The van der Waals surface area contributed by atoms with Crippen molar-refractivity contribution in [2.24, 2.45) is 4.99 Å². The molecule has 33 heavy (non-hydrogen) atoms. The van der Waals surface area contributed by atoms with E-state index >= 15 is 0 Å². The van der Waals surface area contributed by atoms with Gasteiger partial charge in [0.2, 0.25) is 0 Å². The third-order valence-corrected chi connectivity index (χ3v) is 7.90. The SMILES string of the molecule is CCCC1=Nc2cc(C(=O)NCCCN3CCCC[C@H]3CC)ccc2Sc2ccc(C)cc21. The maximum atomic E-state index is 12.9. The van der Waals surface area contributed by atoms with Crippen molar-refractivity contribution in [1.82, 2.24) is 10.2 Å². The molecule has 1 saturated heterocycles. The van der Waals surface area contributed by atoms with E-state index in [1.807, 2.05) is 12.1 Å². The van der Waals surface area contributed by atoms with Gasteiger partial charge in [0.15, 0.2) is 0 Å². The number of hydrogen-bond acceptors (Lipinski definition) is 4. The molecule has 176 valence electrons. The smallest absolute Gasteiger partial charge is 0.251 e. The number of fused-ring (bicyclic) bond motifs is 2. The summed E-state index contributed by atoms with van der Waals surface area (Å²) < 4.78 is 0. The molecule has 0 spiro atoms. The molecule has 1 atom stereocenters. The van der Waals surface area contributed by atoms with Gasteiger partial charge in [0.25, 0.3) is 5.91 Å². The van der Waals surface area contributed by atoms with E-state index in [9.17, 15) is 4.79 Å². The lowest BCUT2D eigenvalue weighted by molar-refractivity contribution is 0.0947. The molecule has 4 rings (SSSR count). The zero-order valence-electron chi connectivity index (χ0n) is 20.3. The highest BCUT2D eigenvalue weighted by Gasteiger charge is 2.21. The van der Waals surface area contributed by atoms with E-state index in [0.29, 0.717) is 12.1 Å². The van der Waals surface area contributed by atoms with Gasteiger partial charge in [-0.15, -0.1) is 0 Å². The Morgan fingerprint density at radius 1 is 1.15 bits per heavy atom. The molecule has 4 nitrogen and oxygen atoms in total. The molecule has 1 N–H and O–H groups in total. The van der Waals surface area contributed by atoms with Crippen molar-refractivity contribution in [3.63, 3.8) is 0 Å². The van der Waals surface area contributed by atoms with E-state index in [0.717, 1.165) is 48.1 Å². The van der Waals surface area contributed by atoms with Gasteiger partial charge in [-0.1, -0.05) is 50.1 Å². The predicted molar refractivity (Wildman–Crippen MR) is 139 cm³/mol. The largest absolute Gasteiger partial charge is 0.352 e. The molecular weight excluding hydrogens is 426 g/mol. The minimum absolute atomic E-state index is 0.00154. The van der Waals surface area contributed by atoms with Gasteiger partial charge >= 0.3 is 0 Å². The Morgan fingerprint density at radius 2 is 2.00 bits per heavy atom. The lowest BCUT2D eigenvalue weighted by Gasteiger charge is -2.35. The molecule has 0 radical (unpaired) electrons. The van der Waals surface area contributed by atoms with Crippen LogP contribution in [0.2, 0.25) is 0 Å². The van der Waals surface area contributed by atoms with E-state index in [4.69, 9.17) is 4.99 Å².